The van der Waals surface area contributed by atoms with Crippen molar-refractivity contribution in [2.24, 2.45) is 0 Å². The van der Waals surface area contributed by atoms with Gasteiger partial charge in [0.15, 0.2) is 0 Å². The average molecular weight is 326 g/mol. The van der Waals surface area contributed by atoms with Crippen molar-refractivity contribution in [1.29, 1.82) is 0 Å². The summed E-state index contributed by atoms with van der Waals surface area (Å²) in [5, 5.41) is 6.35. The SMILES string of the molecule is CN(C)c1ccc(Br)cc1NC(=O)CC1CCCN1. The molecule has 0 aliphatic carbocycles. The summed E-state index contributed by atoms with van der Waals surface area (Å²) in [6.45, 7) is 1.03. The molecule has 1 aliphatic heterocycles. The van der Waals surface area contributed by atoms with E-state index >= 15 is 0 Å². The highest BCUT2D eigenvalue weighted by Crippen LogP contribution is 2.28. The minimum absolute atomic E-state index is 0.0700. The van der Waals surface area contributed by atoms with E-state index < -0.39 is 0 Å². The minimum Gasteiger partial charge on any atom is -0.376 e. The zero-order valence-electron chi connectivity index (χ0n) is 11.4. The molecule has 1 aliphatic rings. The zero-order valence-corrected chi connectivity index (χ0v) is 13.0. The third-order valence-corrected chi connectivity index (χ3v) is 3.80. The first kappa shape index (κ1) is 14.3. The van der Waals surface area contributed by atoms with E-state index in [0.29, 0.717) is 12.5 Å². The Morgan fingerprint density at radius 2 is 2.32 bits per heavy atom. The quantitative estimate of drug-likeness (QED) is 0.894. The molecule has 2 rings (SSSR count). The number of anilines is 2. The summed E-state index contributed by atoms with van der Waals surface area (Å²) in [5.41, 5.74) is 1.86. The molecule has 1 saturated heterocycles. The Hall–Kier alpha value is -1.07. The number of hydrogen-bond donors (Lipinski definition) is 2. The summed E-state index contributed by atoms with van der Waals surface area (Å²) in [4.78, 5) is 14.1. The predicted molar refractivity (Wildman–Crippen MR) is 82.7 cm³/mol. The fourth-order valence-corrected chi connectivity index (χ4v) is 2.72. The topological polar surface area (TPSA) is 44.4 Å². The van der Waals surface area contributed by atoms with E-state index in [4.69, 9.17) is 0 Å². The van der Waals surface area contributed by atoms with Crippen LogP contribution in [0.5, 0.6) is 0 Å². The first-order valence-corrected chi connectivity index (χ1v) is 7.35. The largest absolute Gasteiger partial charge is 0.376 e. The van der Waals surface area contributed by atoms with Crippen LogP contribution in [-0.4, -0.2) is 32.6 Å². The summed E-state index contributed by atoms with van der Waals surface area (Å²) in [6.07, 6.45) is 2.80. The number of rotatable bonds is 4. The number of nitrogens with one attached hydrogen (secondary N) is 2. The lowest BCUT2D eigenvalue weighted by molar-refractivity contribution is -0.116. The van der Waals surface area contributed by atoms with E-state index in [1.54, 1.807) is 0 Å². The smallest absolute Gasteiger partial charge is 0.225 e. The average Bonchev–Trinajstić information content (AvgIpc) is 2.81. The zero-order chi connectivity index (χ0) is 13.8. The molecule has 104 valence electrons. The molecule has 0 spiro atoms. The second-order valence-corrected chi connectivity index (χ2v) is 6.02. The van der Waals surface area contributed by atoms with Gasteiger partial charge >= 0.3 is 0 Å². The lowest BCUT2D eigenvalue weighted by Gasteiger charge is -2.19. The van der Waals surface area contributed by atoms with Crippen LogP contribution in [0.4, 0.5) is 11.4 Å². The van der Waals surface area contributed by atoms with Crippen LogP contribution < -0.4 is 15.5 Å². The molecule has 1 fully saturated rings. The van der Waals surface area contributed by atoms with Crippen LogP contribution >= 0.6 is 15.9 Å². The maximum Gasteiger partial charge on any atom is 0.225 e. The van der Waals surface area contributed by atoms with Crippen molar-refractivity contribution in [2.45, 2.75) is 25.3 Å². The van der Waals surface area contributed by atoms with Gasteiger partial charge in [0.1, 0.15) is 0 Å². The number of carbonyl (C=O) groups excluding carboxylic acids is 1. The minimum atomic E-state index is 0.0700. The molecule has 2 N–H and O–H groups in total. The van der Waals surface area contributed by atoms with Gasteiger partial charge in [0.05, 0.1) is 11.4 Å². The van der Waals surface area contributed by atoms with E-state index in [-0.39, 0.29) is 5.91 Å². The molecule has 0 radical (unpaired) electrons. The van der Waals surface area contributed by atoms with E-state index in [1.165, 1.54) is 0 Å². The normalized spacial score (nSPS) is 18.4. The fraction of sp³-hybridized carbons (Fsp3) is 0.500. The number of nitrogens with zero attached hydrogens (tertiary/aromatic N) is 1. The molecule has 0 bridgehead atoms. The van der Waals surface area contributed by atoms with E-state index in [9.17, 15) is 4.79 Å². The van der Waals surface area contributed by atoms with Crippen molar-refractivity contribution in [3.8, 4) is 0 Å². The third-order valence-electron chi connectivity index (χ3n) is 3.31. The van der Waals surface area contributed by atoms with Crippen LogP contribution in [0, 0.1) is 0 Å². The maximum absolute atomic E-state index is 12.1. The van der Waals surface area contributed by atoms with Gasteiger partial charge in [-0.3, -0.25) is 4.79 Å². The van der Waals surface area contributed by atoms with Gasteiger partial charge in [0.25, 0.3) is 0 Å². The number of halogens is 1. The lowest BCUT2D eigenvalue weighted by Crippen LogP contribution is -2.28. The molecule has 1 atom stereocenters. The Morgan fingerprint density at radius 1 is 1.53 bits per heavy atom. The standard InChI is InChI=1S/C14H20BrN3O/c1-18(2)13-6-5-10(15)8-12(13)17-14(19)9-11-4-3-7-16-11/h5-6,8,11,16H,3-4,7,9H2,1-2H3,(H,17,19). The van der Waals surface area contributed by atoms with Crippen molar-refractivity contribution in [3.05, 3.63) is 22.7 Å². The second kappa shape index (κ2) is 6.39. The molecule has 0 aromatic heterocycles. The fourth-order valence-electron chi connectivity index (χ4n) is 2.35. The van der Waals surface area contributed by atoms with Gasteiger partial charge in [-0.15, -0.1) is 0 Å². The van der Waals surface area contributed by atoms with Crippen LogP contribution in [0.1, 0.15) is 19.3 Å². The van der Waals surface area contributed by atoms with Crippen molar-refractivity contribution in [3.63, 3.8) is 0 Å². The Morgan fingerprint density at radius 3 is 2.95 bits per heavy atom. The van der Waals surface area contributed by atoms with Crippen molar-refractivity contribution >= 4 is 33.2 Å². The van der Waals surface area contributed by atoms with Crippen LogP contribution in [0.25, 0.3) is 0 Å². The summed E-state index contributed by atoms with van der Waals surface area (Å²) >= 11 is 3.44. The molecule has 19 heavy (non-hydrogen) atoms. The van der Waals surface area contributed by atoms with Gasteiger partial charge in [-0.1, -0.05) is 15.9 Å². The highest BCUT2D eigenvalue weighted by molar-refractivity contribution is 9.10. The molecule has 1 amide bonds. The Bertz CT molecular complexity index is 456. The van der Waals surface area contributed by atoms with Gasteiger partial charge in [-0.2, -0.15) is 0 Å². The van der Waals surface area contributed by atoms with Gasteiger partial charge < -0.3 is 15.5 Å². The molecule has 1 aromatic carbocycles. The highest BCUT2D eigenvalue weighted by Gasteiger charge is 2.18. The van der Waals surface area contributed by atoms with Crippen molar-refractivity contribution < 1.29 is 4.79 Å². The summed E-state index contributed by atoms with van der Waals surface area (Å²) in [6, 6.07) is 6.24. The second-order valence-electron chi connectivity index (χ2n) is 5.10. The van der Waals surface area contributed by atoms with E-state index in [1.807, 2.05) is 37.2 Å². The molecule has 1 unspecified atom stereocenters. The van der Waals surface area contributed by atoms with E-state index in [2.05, 4.69) is 26.6 Å². The number of benzene rings is 1. The Labute approximate surface area is 122 Å². The lowest BCUT2D eigenvalue weighted by atomic mass is 10.1. The highest BCUT2D eigenvalue weighted by atomic mass is 79.9. The third kappa shape index (κ3) is 3.94. The molecule has 1 heterocycles. The monoisotopic (exact) mass is 325 g/mol. The predicted octanol–water partition coefficient (Wildman–Crippen LogP) is 2.60. The van der Waals surface area contributed by atoms with Crippen molar-refractivity contribution in [2.75, 3.05) is 30.9 Å². The first-order chi connectivity index (χ1) is 9.06. The van der Waals surface area contributed by atoms with Crippen LogP contribution in [0.3, 0.4) is 0 Å². The van der Waals surface area contributed by atoms with Crippen molar-refractivity contribution in [1.82, 2.24) is 5.32 Å². The molecular weight excluding hydrogens is 306 g/mol. The van der Waals surface area contributed by atoms with Crippen LogP contribution in [0.2, 0.25) is 0 Å². The van der Waals surface area contributed by atoms with E-state index in [0.717, 1.165) is 35.2 Å². The number of carbonyl (C=O) groups is 1. The first-order valence-electron chi connectivity index (χ1n) is 6.56. The van der Waals surface area contributed by atoms with Gasteiger partial charge in [-0.25, -0.2) is 0 Å². The summed E-state index contributed by atoms with van der Waals surface area (Å²) < 4.78 is 0.965. The molecule has 1 aromatic rings. The van der Waals surface area contributed by atoms with Gasteiger partial charge in [-0.05, 0) is 37.6 Å². The maximum atomic E-state index is 12.1. The van der Waals surface area contributed by atoms with Gasteiger partial charge in [0.2, 0.25) is 5.91 Å². The van der Waals surface area contributed by atoms with Crippen LogP contribution in [-0.2, 0) is 4.79 Å². The van der Waals surface area contributed by atoms with Gasteiger partial charge in [0, 0.05) is 31.0 Å². The summed E-state index contributed by atoms with van der Waals surface area (Å²) in [7, 11) is 3.94. The Balaban J connectivity index is 2.04. The molecular formula is C14H20BrN3O. The summed E-state index contributed by atoms with van der Waals surface area (Å²) in [5.74, 6) is 0.0700. The molecule has 4 nitrogen and oxygen atoms in total. The van der Waals surface area contributed by atoms with Crippen LogP contribution in [0.15, 0.2) is 22.7 Å². The Kier molecular flexibility index (Phi) is 4.82. The number of hydrogen-bond acceptors (Lipinski definition) is 3. The molecule has 5 heteroatoms. The number of amides is 1. The molecule has 0 saturated carbocycles.